The molecule has 2 fully saturated rings. The van der Waals surface area contributed by atoms with Gasteiger partial charge in [0, 0.05) is 4.83 Å². The molecule has 20 heavy (non-hydrogen) atoms. The molecular formula is C16H21BrO2S. The lowest BCUT2D eigenvalue weighted by atomic mass is 9.72. The predicted molar refractivity (Wildman–Crippen MR) is 86.0 cm³/mol. The zero-order valence-electron chi connectivity index (χ0n) is 11.5. The van der Waals surface area contributed by atoms with Gasteiger partial charge in [0.2, 0.25) is 0 Å². The molecule has 1 saturated heterocycles. The van der Waals surface area contributed by atoms with Gasteiger partial charge in [-0.2, -0.15) is 0 Å². The Morgan fingerprint density at radius 2 is 1.80 bits per heavy atom. The predicted octanol–water partition coefficient (Wildman–Crippen LogP) is 3.77. The monoisotopic (exact) mass is 356 g/mol. The van der Waals surface area contributed by atoms with Crippen molar-refractivity contribution in [3.63, 3.8) is 0 Å². The summed E-state index contributed by atoms with van der Waals surface area (Å²) >= 11 is 3.81. The Balaban J connectivity index is 1.74. The van der Waals surface area contributed by atoms with E-state index in [9.17, 15) is 8.42 Å². The molecule has 3 rings (SSSR count). The first-order valence-electron chi connectivity index (χ1n) is 7.44. The van der Waals surface area contributed by atoms with Gasteiger partial charge in [0.15, 0.2) is 9.84 Å². The quantitative estimate of drug-likeness (QED) is 0.755. The lowest BCUT2D eigenvalue weighted by molar-refractivity contribution is 0.257. The Morgan fingerprint density at radius 1 is 1.05 bits per heavy atom. The van der Waals surface area contributed by atoms with Crippen LogP contribution in [0.15, 0.2) is 30.3 Å². The van der Waals surface area contributed by atoms with Gasteiger partial charge in [-0.25, -0.2) is 8.42 Å². The molecule has 1 saturated carbocycles. The molecule has 0 radical (unpaired) electrons. The SMILES string of the molecule is O=S1(=O)CCC(C2CC(c3ccccc3)CCC2Br)C1. The second kappa shape index (κ2) is 5.80. The van der Waals surface area contributed by atoms with Crippen LogP contribution in [0, 0.1) is 11.8 Å². The average Bonchev–Trinajstić information content (AvgIpc) is 2.80. The number of rotatable bonds is 2. The zero-order valence-corrected chi connectivity index (χ0v) is 13.9. The maximum atomic E-state index is 11.7. The molecular weight excluding hydrogens is 336 g/mol. The Labute approximate surface area is 130 Å². The van der Waals surface area contributed by atoms with E-state index < -0.39 is 9.84 Å². The minimum Gasteiger partial charge on any atom is -0.229 e. The molecule has 1 aromatic carbocycles. The number of halogens is 1. The van der Waals surface area contributed by atoms with E-state index in [4.69, 9.17) is 0 Å². The van der Waals surface area contributed by atoms with Crippen molar-refractivity contribution in [1.29, 1.82) is 0 Å². The second-order valence-electron chi connectivity index (χ2n) is 6.26. The lowest BCUT2D eigenvalue weighted by Crippen LogP contribution is -2.31. The highest BCUT2D eigenvalue weighted by atomic mass is 79.9. The number of benzene rings is 1. The number of hydrogen-bond donors (Lipinski definition) is 0. The van der Waals surface area contributed by atoms with Crippen molar-refractivity contribution in [3.05, 3.63) is 35.9 Å². The van der Waals surface area contributed by atoms with Crippen molar-refractivity contribution >= 4 is 25.8 Å². The van der Waals surface area contributed by atoms with Crippen LogP contribution in [0.4, 0.5) is 0 Å². The lowest BCUT2D eigenvalue weighted by Gasteiger charge is -2.36. The summed E-state index contributed by atoms with van der Waals surface area (Å²) in [5, 5.41) is 0. The van der Waals surface area contributed by atoms with Crippen molar-refractivity contribution in [2.75, 3.05) is 11.5 Å². The van der Waals surface area contributed by atoms with Gasteiger partial charge >= 0.3 is 0 Å². The van der Waals surface area contributed by atoms with Crippen LogP contribution in [0.3, 0.4) is 0 Å². The van der Waals surface area contributed by atoms with Crippen molar-refractivity contribution in [2.45, 2.75) is 36.4 Å². The Kier molecular flexibility index (Phi) is 4.23. The van der Waals surface area contributed by atoms with Gasteiger partial charge in [-0.1, -0.05) is 46.3 Å². The summed E-state index contributed by atoms with van der Waals surface area (Å²) in [6.07, 6.45) is 4.34. The highest BCUT2D eigenvalue weighted by molar-refractivity contribution is 9.09. The minimum absolute atomic E-state index is 0.357. The van der Waals surface area contributed by atoms with E-state index in [-0.39, 0.29) is 0 Å². The molecule has 1 heterocycles. The third-order valence-electron chi connectivity index (χ3n) is 4.96. The largest absolute Gasteiger partial charge is 0.229 e. The van der Waals surface area contributed by atoms with Gasteiger partial charge in [-0.05, 0) is 49.0 Å². The van der Waals surface area contributed by atoms with Gasteiger partial charge in [0.1, 0.15) is 0 Å². The average molecular weight is 357 g/mol. The molecule has 0 bridgehead atoms. The van der Waals surface area contributed by atoms with Crippen LogP contribution in [0.25, 0.3) is 0 Å². The van der Waals surface area contributed by atoms with Crippen molar-refractivity contribution in [3.8, 4) is 0 Å². The fourth-order valence-electron chi connectivity index (χ4n) is 3.85. The van der Waals surface area contributed by atoms with Crippen LogP contribution in [0.2, 0.25) is 0 Å². The van der Waals surface area contributed by atoms with Gasteiger partial charge in [0.25, 0.3) is 0 Å². The molecule has 4 heteroatoms. The minimum atomic E-state index is -2.77. The normalized spacial score (nSPS) is 36.9. The molecule has 1 aromatic rings. The van der Waals surface area contributed by atoms with Crippen molar-refractivity contribution in [1.82, 2.24) is 0 Å². The molecule has 0 aromatic heterocycles. The maximum absolute atomic E-state index is 11.7. The van der Waals surface area contributed by atoms with E-state index in [1.165, 1.54) is 12.0 Å². The van der Waals surface area contributed by atoms with E-state index in [0.717, 1.165) is 19.3 Å². The smallest absolute Gasteiger partial charge is 0.150 e. The standard InChI is InChI=1S/C16H21BrO2S/c17-16-7-6-13(12-4-2-1-3-5-12)10-15(16)14-8-9-20(18,19)11-14/h1-5,13-16H,6-11H2. The summed E-state index contributed by atoms with van der Waals surface area (Å²) in [6.45, 7) is 0. The first-order valence-corrected chi connectivity index (χ1v) is 10.2. The molecule has 4 unspecified atom stereocenters. The van der Waals surface area contributed by atoms with Crippen LogP contribution < -0.4 is 0 Å². The van der Waals surface area contributed by atoms with Crippen LogP contribution >= 0.6 is 15.9 Å². The Hall–Kier alpha value is -0.350. The molecule has 2 aliphatic rings. The van der Waals surface area contributed by atoms with Gasteiger partial charge in [-0.15, -0.1) is 0 Å². The van der Waals surface area contributed by atoms with Crippen molar-refractivity contribution in [2.24, 2.45) is 11.8 Å². The summed E-state index contributed by atoms with van der Waals surface area (Å²) in [6, 6.07) is 10.7. The van der Waals surface area contributed by atoms with E-state index in [1.54, 1.807) is 0 Å². The maximum Gasteiger partial charge on any atom is 0.150 e. The molecule has 1 aliphatic carbocycles. The highest BCUT2D eigenvalue weighted by Gasteiger charge is 2.40. The van der Waals surface area contributed by atoms with Crippen LogP contribution in [0.1, 0.15) is 37.2 Å². The molecule has 110 valence electrons. The van der Waals surface area contributed by atoms with E-state index in [2.05, 4.69) is 46.3 Å². The summed E-state index contributed by atoms with van der Waals surface area (Å²) in [5.41, 5.74) is 1.41. The number of hydrogen-bond acceptors (Lipinski definition) is 2. The number of alkyl halides is 1. The third kappa shape index (κ3) is 3.11. The molecule has 0 spiro atoms. The summed E-state index contributed by atoms with van der Waals surface area (Å²) in [4.78, 5) is 0.487. The Morgan fingerprint density at radius 3 is 2.45 bits per heavy atom. The van der Waals surface area contributed by atoms with Gasteiger partial charge in [-0.3, -0.25) is 0 Å². The number of sulfone groups is 1. The van der Waals surface area contributed by atoms with E-state index in [1.807, 2.05) is 0 Å². The molecule has 1 aliphatic heterocycles. The third-order valence-corrected chi connectivity index (χ3v) is 7.89. The fourth-order valence-corrected chi connectivity index (χ4v) is 6.65. The van der Waals surface area contributed by atoms with E-state index >= 15 is 0 Å². The summed E-state index contributed by atoms with van der Waals surface area (Å²) < 4.78 is 23.5. The Bertz CT molecular complexity index is 555. The zero-order chi connectivity index (χ0) is 14.2. The first kappa shape index (κ1) is 14.6. The fraction of sp³-hybridized carbons (Fsp3) is 0.625. The van der Waals surface area contributed by atoms with E-state index in [0.29, 0.717) is 34.1 Å². The first-order chi connectivity index (χ1) is 9.55. The second-order valence-corrected chi connectivity index (χ2v) is 9.67. The van der Waals surface area contributed by atoms with Crippen LogP contribution in [-0.4, -0.2) is 24.8 Å². The molecule has 0 amide bonds. The van der Waals surface area contributed by atoms with Crippen molar-refractivity contribution < 1.29 is 8.42 Å². The van der Waals surface area contributed by atoms with Crippen LogP contribution in [0.5, 0.6) is 0 Å². The van der Waals surface area contributed by atoms with Gasteiger partial charge in [0.05, 0.1) is 11.5 Å². The molecule has 4 atom stereocenters. The summed E-state index contributed by atoms with van der Waals surface area (Å²) in [5.74, 6) is 2.26. The molecule has 2 nitrogen and oxygen atoms in total. The molecule has 0 N–H and O–H groups in total. The summed E-state index contributed by atoms with van der Waals surface area (Å²) in [7, 11) is -2.77. The topological polar surface area (TPSA) is 34.1 Å². The van der Waals surface area contributed by atoms with Gasteiger partial charge < -0.3 is 0 Å². The highest BCUT2D eigenvalue weighted by Crippen LogP contribution is 2.45. The van der Waals surface area contributed by atoms with Crippen LogP contribution in [-0.2, 0) is 9.84 Å².